The summed E-state index contributed by atoms with van der Waals surface area (Å²) in [6.45, 7) is 0. The molecule has 0 saturated heterocycles. The number of nitrogens with one attached hydrogen (secondary N) is 1. The SMILES string of the molecule is COc1cccc(C(=O)CSc2ccc(NC(=O)C3CCCCC3)cc2)c1. The molecule has 4 nitrogen and oxygen atoms in total. The van der Waals surface area contributed by atoms with Crippen LogP contribution < -0.4 is 10.1 Å². The molecule has 1 N–H and O–H groups in total. The largest absolute Gasteiger partial charge is 0.497 e. The van der Waals surface area contributed by atoms with Gasteiger partial charge in [-0.2, -0.15) is 0 Å². The van der Waals surface area contributed by atoms with Gasteiger partial charge in [0.1, 0.15) is 5.75 Å². The number of hydrogen-bond acceptors (Lipinski definition) is 4. The van der Waals surface area contributed by atoms with Crippen LogP contribution in [0.5, 0.6) is 5.75 Å². The van der Waals surface area contributed by atoms with Crippen LogP contribution in [0.15, 0.2) is 53.4 Å². The number of thioether (sulfide) groups is 1. The lowest BCUT2D eigenvalue weighted by Gasteiger charge is -2.20. The summed E-state index contributed by atoms with van der Waals surface area (Å²) in [7, 11) is 1.59. The van der Waals surface area contributed by atoms with Crippen molar-refractivity contribution in [1.82, 2.24) is 0 Å². The summed E-state index contributed by atoms with van der Waals surface area (Å²) in [5.74, 6) is 1.38. The van der Waals surface area contributed by atoms with E-state index in [1.165, 1.54) is 18.2 Å². The van der Waals surface area contributed by atoms with E-state index in [1.807, 2.05) is 36.4 Å². The Kier molecular flexibility index (Phi) is 6.93. The molecule has 27 heavy (non-hydrogen) atoms. The van der Waals surface area contributed by atoms with Crippen LogP contribution in [0.25, 0.3) is 0 Å². The van der Waals surface area contributed by atoms with Gasteiger partial charge in [0.05, 0.1) is 12.9 Å². The quantitative estimate of drug-likeness (QED) is 0.528. The molecular weight excluding hydrogens is 358 g/mol. The molecule has 1 fully saturated rings. The minimum Gasteiger partial charge on any atom is -0.497 e. The number of amides is 1. The highest BCUT2D eigenvalue weighted by atomic mass is 32.2. The Hall–Kier alpha value is -2.27. The van der Waals surface area contributed by atoms with Crippen LogP contribution in [0, 0.1) is 5.92 Å². The summed E-state index contributed by atoms with van der Waals surface area (Å²) in [6, 6.07) is 14.9. The molecule has 0 spiro atoms. The van der Waals surface area contributed by atoms with Gasteiger partial charge in [0, 0.05) is 22.1 Å². The predicted octanol–water partition coefficient (Wildman–Crippen LogP) is 5.19. The summed E-state index contributed by atoms with van der Waals surface area (Å²) in [4.78, 5) is 25.6. The molecule has 2 aromatic carbocycles. The van der Waals surface area contributed by atoms with Crippen LogP contribution in [0.4, 0.5) is 5.69 Å². The molecule has 0 aromatic heterocycles. The fraction of sp³-hybridized carbons (Fsp3) is 0.364. The van der Waals surface area contributed by atoms with E-state index in [2.05, 4.69) is 5.32 Å². The molecule has 0 unspecified atom stereocenters. The van der Waals surface area contributed by atoms with Crippen molar-refractivity contribution in [2.24, 2.45) is 5.92 Å². The van der Waals surface area contributed by atoms with Gasteiger partial charge in [0.2, 0.25) is 5.91 Å². The van der Waals surface area contributed by atoms with Gasteiger partial charge in [-0.15, -0.1) is 11.8 Å². The van der Waals surface area contributed by atoms with E-state index in [0.29, 0.717) is 17.1 Å². The van der Waals surface area contributed by atoms with Crippen molar-refractivity contribution in [3.8, 4) is 5.75 Å². The van der Waals surface area contributed by atoms with Crippen molar-refractivity contribution < 1.29 is 14.3 Å². The van der Waals surface area contributed by atoms with Crippen molar-refractivity contribution in [2.75, 3.05) is 18.2 Å². The molecule has 1 saturated carbocycles. The molecule has 0 radical (unpaired) electrons. The first-order chi connectivity index (χ1) is 13.2. The first kappa shape index (κ1) is 19.5. The standard InChI is InChI=1S/C22H25NO3S/c1-26-19-9-5-8-17(14-19)21(24)15-27-20-12-10-18(11-13-20)23-22(25)16-6-3-2-4-7-16/h5,8-14,16H,2-4,6-7,15H2,1H3,(H,23,25). The first-order valence-electron chi connectivity index (χ1n) is 9.36. The monoisotopic (exact) mass is 383 g/mol. The Morgan fingerprint density at radius 2 is 1.81 bits per heavy atom. The lowest BCUT2D eigenvalue weighted by atomic mass is 9.88. The number of rotatable bonds is 7. The van der Waals surface area contributed by atoms with Crippen LogP contribution in [0.2, 0.25) is 0 Å². The van der Waals surface area contributed by atoms with Crippen LogP contribution in [-0.4, -0.2) is 24.6 Å². The topological polar surface area (TPSA) is 55.4 Å². The second-order valence-electron chi connectivity index (χ2n) is 6.79. The number of carbonyl (C=O) groups is 2. The van der Waals surface area contributed by atoms with E-state index >= 15 is 0 Å². The second-order valence-corrected chi connectivity index (χ2v) is 7.84. The first-order valence-corrected chi connectivity index (χ1v) is 10.4. The zero-order valence-corrected chi connectivity index (χ0v) is 16.4. The van der Waals surface area contributed by atoms with Gasteiger partial charge < -0.3 is 10.1 Å². The number of Topliss-reactive ketones (excluding diaryl/α,β-unsaturated/α-hetero) is 1. The van der Waals surface area contributed by atoms with E-state index < -0.39 is 0 Å². The van der Waals surface area contributed by atoms with E-state index in [0.717, 1.165) is 36.3 Å². The number of anilines is 1. The van der Waals surface area contributed by atoms with Crippen molar-refractivity contribution >= 4 is 29.1 Å². The number of hydrogen-bond donors (Lipinski definition) is 1. The number of ketones is 1. The fourth-order valence-electron chi connectivity index (χ4n) is 3.27. The molecule has 1 amide bonds. The van der Waals surface area contributed by atoms with Crippen molar-refractivity contribution in [1.29, 1.82) is 0 Å². The van der Waals surface area contributed by atoms with Gasteiger partial charge >= 0.3 is 0 Å². The van der Waals surface area contributed by atoms with E-state index in [-0.39, 0.29) is 17.6 Å². The Morgan fingerprint density at radius 1 is 1.07 bits per heavy atom. The molecule has 1 aliphatic carbocycles. The normalized spacial score (nSPS) is 14.6. The molecule has 5 heteroatoms. The molecule has 0 atom stereocenters. The maximum Gasteiger partial charge on any atom is 0.227 e. The minimum absolute atomic E-state index is 0.0635. The van der Waals surface area contributed by atoms with Crippen molar-refractivity contribution in [2.45, 2.75) is 37.0 Å². The third-order valence-electron chi connectivity index (χ3n) is 4.86. The van der Waals surface area contributed by atoms with Crippen molar-refractivity contribution in [3.63, 3.8) is 0 Å². The minimum atomic E-state index is 0.0635. The van der Waals surface area contributed by atoms with E-state index in [1.54, 1.807) is 19.2 Å². The second kappa shape index (κ2) is 9.60. The van der Waals surface area contributed by atoms with Gasteiger partial charge in [-0.25, -0.2) is 0 Å². The molecule has 2 aromatic rings. The summed E-state index contributed by atoms with van der Waals surface area (Å²) in [5, 5.41) is 3.01. The van der Waals surface area contributed by atoms with E-state index in [4.69, 9.17) is 4.74 Å². The molecule has 142 valence electrons. The number of carbonyl (C=O) groups excluding carboxylic acids is 2. The van der Waals surface area contributed by atoms with Crippen molar-refractivity contribution in [3.05, 3.63) is 54.1 Å². The summed E-state index contributed by atoms with van der Waals surface area (Å²) >= 11 is 1.49. The summed E-state index contributed by atoms with van der Waals surface area (Å²) < 4.78 is 5.16. The molecular formula is C22H25NO3S. The Bertz CT molecular complexity index is 782. The average Bonchev–Trinajstić information content (AvgIpc) is 2.73. The zero-order valence-electron chi connectivity index (χ0n) is 15.6. The summed E-state index contributed by atoms with van der Waals surface area (Å²) in [6.07, 6.45) is 5.52. The maximum absolute atomic E-state index is 12.3. The lowest BCUT2D eigenvalue weighted by molar-refractivity contribution is -0.120. The van der Waals surface area contributed by atoms with Gasteiger partial charge in [-0.05, 0) is 49.2 Å². The third kappa shape index (κ3) is 5.60. The maximum atomic E-state index is 12.3. The van der Waals surface area contributed by atoms with Gasteiger partial charge in [0.15, 0.2) is 5.78 Å². The molecule has 1 aliphatic rings. The van der Waals surface area contributed by atoms with Crippen LogP contribution >= 0.6 is 11.8 Å². The Morgan fingerprint density at radius 3 is 2.52 bits per heavy atom. The Balaban J connectivity index is 1.51. The van der Waals surface area contributed by atoms with Gasteiger partial charge in [0.25, 0.3) is 0 Å². The average molecular weight is 384 g/mol. The highest BCUT2D eigenvalue weighted by Crippen LogP contribution is 2.26. The fourth-order valence-corrected chi connectivity index (χ4v) is 4.07. The number of benzene rings is 2. The highest BCUT2D eigenvalue weighted by Gasteiger charge is 2.20. The third-order valence-corrected chi connectivity index (χ3v) is 5.87. The van der Waals surface area contributed by atoms with Crippen LogP contribution in [0.1, 0.15) is 42.5 Å². The number of ether oxygens (including phenoxy) is 1. The molecule has 0 aliphatic heterocycles. The predicted molar refractivity (Wildman–Crippen MR) is 110 cm³/mol. The van der Waals surface area contributed by atoms with Crippen LogP contribution in [-0.2, 0) is 4.79 Å². The molecule has 0 bridgehead atoms. The van der Waals surface area contributed by atoms with E-state index in [9.17, 15) is 9.59 Å². The van der Waals surface area contributed by atoms with Gasteiger partial charge in [-0.1, -0.05) is 31.4 Å². The van der Waals surface area contributed by atoms with Gasteiger partial charge in [-0.3, -0.25) is 9.59 Å². The lowest BCUT2D eigenvalue weighted by Crippen LogP contribution is -2.24. The summed E-state index contributed by atoms with van der Waals surface area (Å²) in [5.41, 5.74) is 1.47. The molecule has 0 heterocycles. The number of methoxy groups -OCH3 is 1. The Labute approximate surface area is 164 Å². The highest BCUT2D eigenvalue weighted by molar-refractivity contribution is 8.00. The smallest absolute Gasteiger partial charge is 0.227 e. The molecule has 3 rings (SSSR count). The zero-order chi connectivity index (χ0) is 19.1. The van der Waals surface area contributed by atoms with Crippen LogP contribution in [0.3, 0.4) is 0 Å².